The summed E-state index contributed by atoms with van der Waals surface area (Å²) in [5.41, 5.74) is 0.342. The van der Waals surface area contributed by atoms with Gasteiger partial charge in [-0.3, -0.25) is 0 Å². The zero-order valence-corrected chi connectivity index (χ0v) is 6.45. The molecule has 1 unspecified atom stereocenters. The molecular formula is C8H9N3O. The van der Waals surface area contributed by atoms with Crippen LogP contribution in [-0.2, 0) is 0 Å². The van der Waals surface area contributed by atoms with Crippen LogP contribution in [0, 0.1) is 5.41 Å². The molecule has 0 spiro atoms. The number of carbonyl (C=O) groups is 1. The average molecular weight is 163 g/mol. The molecular weight excluding hydrogens is 154 g/mol. The van der Waals surface area contributed by atoms with Crippen LogP contribution in [0.4, 0.5) is 4.79 Å². The highest BCUT2D eigenvalue weighted by Crippen LogP contribution is 1.99. The molecule has 2 amide bonds. The van der Waals surface area contributed by atoms with Gasteiger partial charge in [0.2, 0.25) is 0 Å². The van der Waals surface area contributed by atoms with Gasteiger partial charge in [-0.05, 0) is 12.8 Å². The van der Waals surface area contributed by atoms with Crippen molar-refractivity contribution in [3.8, 4) is 0 Å². The van der Waals surface area contributed by atoms with E-state index in [1.54, 1.807) is 24.3 Å². The lowest BCUT2D eigenvalue weighted by Crippen LogP contribution is -2.37. The number of carbonyl (C=O) groups excluding carboxylic acids is 1. The molecule has 2 N–H and O–H groups in total. The summed E-state index contributed by atoms with van der Waals surface area (Å²) in [7, 11) is 0. The van der Waals surface area contributed by atoms with Crippen LogP contribution in [0.2, 0.25) is 0 Å². The third kappa shape index (κ3) is 1.88. The van der Waals surface area contributed by atoms with E-state index in [-0.39, 0.29) is 6.04 Å². The van der Waals surface area contributed by atoms with Gasteiger partial charge in [0.05, 0.1) is 11.8 Å². The third-order valence-corrected chi connectivity index (χ3v) is 1.45. The van der Waals surface area contributed by atoms with Crippen molar-refractivity contribution in [3.05, 3.63) is 24.3 Å². The zero-order valence-electron chi connectivity index (χ0n) is 6.45. The number of amides is 2. The molecule has 0 saturated heterocycles. The van der Waals surface area contributed by atoms with Gasteiger partial charge in [0.25, 0.3) is 0 Å². The zero-order chi connectivity index (χ0) is 8.97. The summed E-state index contributed by atoms with van der Waals surface area (Å²) in [5.74, 6) is 0. The van der Waals surface area contributed by atoms with Crippen molar-refractivity contribution in [2.24, 2.45) is 4.99 Å². The summed E-state index contributed by atoms with van der Waals surface area (Å²) in [4.78, 5) is 13.9. The Morgan fingerprint density at radius 2 is 2.42 bits per heavy atom. The van der Waals surface area contributed by atoms with Crippen molar-refractivity contribution in [1.82, 2.24) is 5.32 Å². The second-order valence-electron chi connectivity index (χ2n) is 2.28. The van der Waals surface area contributed by atoms with Gasteiger partial charge in [0, 0.05) is 0 Å². The summed E-state index contributed by atoms with van der Waals surface area (Å²) < 4.78 is 0. The van der Waals surface area contributed by atoms with Gasteiger partial charge in [-0.1, -0.05) is 18.2 Å². The van der Waals surface area contributed by atoms with Gasteiger partial charge in [0.15, 0.2) is 0 Å². The van der Waals surface area contributed by atoms with E-state index in [0.29, 0.717) is 5.71 Å². The largest absolute Gasteiger partial charge is 0.341 e. The van der Waals surface area contributed by atoms with E-state index in [0.717, 1.165) is 0 Å². The average Bonchev–Trinajstić information content (AvgIpc) is 2.09. The van der Waals surface area contributed by atoms with E-state index in [2.05, 4.69) is 17.0 Å². The molecule has 4 nitrogen and oxygen atoms in total. The van der Waals surface area contributed by atoms with Gasteiger partial charge < -0.3 is 10.7 Å². The highest BCUT2D eigenvalue weighted by molar-refractivity contribution is 6.01. The normalized spacial score (nSPS) is 20.7. The maximum absolute atomic E-state index is 10.7. The molecule has 0 aromatic rings. The lowest BCUT2D eigenvalue weighted by Gasteiger charge is -2.13. The van der Waals surface area contributed by atoms with E-state index in [9.17, 15) is 4.79 Å². The van der Waals surface area contributed by atoms with Crippen LogP contribution in [0.1, 0.15) is 0 Å². The Morgan fingerprint density at radius 1 is 1.67 bits per heavy atom. The number of nitrogens with zero attached hydrogens (tertiary/aromatic N) is 1. The first kappa shape index (κ1) is 8.39. The predicted molar refractivity (Wildman–Crippen MR) is 47.9 cm³/mol. The monoisotopic (exact) mass is 163 g/mol. The van der Waals surface area contributed by atoms with Crippen molar-refractivity contribution < 1.29 is 4.79 Å². The number of hydrogen-bond acceptors (Lipinski definition) is 2. The number of rotatable bonds is 1. The Bertz CT molecular complexity index is 278. The van der Waals surface area contributed by atoms with E-state index in [1.165, 1.54) is 0 Å². The van der Waals surface area contributed by atoms with Crippen LogP contribution in [0.15, 0.2) is 29.3 Å². The first-order valence-corrected chi connectivity index (χ1v) is 3.44. The van der Waals surface area contributed by atoms with Gasteiger partial charge in [0.1, 0.15) is 0 Å². The fourth-order valence-corrected chi connectivity index (χ4v) is 0.846. The summed E-state index contributed by atoms with van der Waals surface area (Å²) in [5, 5.41) is 9.89. The first-order chi connectivity index (χ1) is 5.74. The Morgan fingerprint density at radius 3 is 3.00 bits per heavy atom. The van der Waals surface area contributed by atoms with Gasteiger partial charge in [-0.25, -0.2) is 9.79 Å². The quantitative estimate of drug-likeness (QED) is 0.554. The van der Waals surface area contributed by atoms with E-state index < -0.39 is 6.03 Å². The highest BCUT2D eigenvalue weighted by atomic mass is 16.2. The second-order valence-corrected chi connectivity index (χ2v) is 2.28. The standard InChI is InChI=1S/C8H9N3O/c1-10-8(12)11-7-5-3-2-4-6(7)9/h2-5,7,9H,1H2,(H,11,12). The van der Waals surface area contributed by atoms with E-state index in [4.69, 9.17) is 5.41 Å². The molecule has 0 heterocycles. The van der Waals surface area contributed by atoms with Crippen molar-refractivity contribution in [2.45, 2.75) is 6.04 Å². The van der Waals surface area contributed by atoms with Crippen molar-refractivity contribution in [1.29, 1.82) is 5.41 Å². The summed E-state index contributed by atoms with van der Waals surface area (Å²) >= 11 is 0. The minimum atomic E-state index is -0.510. The van der Waals surface area contributed by atoms with Gasteiger partial charge in [-0.2, -0.15) is 0 Å². The molecule has 0 aromatic heterocycles. The molecule has 62 valence electrons. The molecule has 12 heavy (non-hydrogen) atoms. The van der Waals surface area contributed by atoms with Gasteiger partial charge >= 0.3 is 6.03 Å². The van der Waals surface area contributed by atoms with Gasteiger partial charge in [-0.15, -0.1) is 0 Å². The minimum absolute atomic E-state index is 0.342. The smallest absolute Gasteiger partial charge is 0.324 e. The molecule has 0 aliphatic heterocycles. The number of allylic oxidation sites excluding steroid dienone is 2. The summed E-state index contributed by atoms with van der Waals surface area (Å²) in [6, 6.07) is -0.877. The van der Waals surface area contributed by atoms with Crippen LogP contribution in [0.5, 0.6) is 0 Å². The molecule has 1 aliphatic rings. The number of urea groups is 1. The van der Waals surface area contributed by atoms with E-state index in [1.807, 2.05) is 0 Å². The molecule has 0 bridgehead atoms. The van der Waals surface area contributed by atoms with Crippen LogP contribution in [-0.4, -0.2) is 24.5 Å². The summed E-state index contributed by atoms with van der Waals surface area (Å²) in [6.07, 6.45) is 6.85. The SMILES string of the molecule is C=NC(=O)NC1C=CC=CC1=N. The number of aliphatic imine (C=N–C) groups is 1. The van der Waals surface area contributed by atoms with E-state index >= 15 is 0 Å². The second kappa shape index (κ2) is 3.61. The highest BCUT2D eigenvalue weighted by Gasteiger charge is 2.12. The molecule has 0 fully saturated rings. The molecule has 0 saturated carbocycles. The molecule has 1 aliphatic carbocycles. The van der Waals surface area contributed by atoms with Crippen LogP contribution in [0.3, 0.4) is 0 Å². The van der Waals surface area contributed by atoms with Crippen LogP contribution < -0.4 is 5.32 Å². The summed E-state index contributed by atoms with van der Waals surface area (Å²) in [6.45, 7) is 3.08. The number of hydrogen-bond donors (Lipinski definition) is 2. The predicted octanol–water partition coefficient (Wildman–Crippen LogP) is 0.911. The third-order valence-electron chi connectivity index (χ3n) is 1.45. The maximum Gasteiger partial charge on any atom is 0.341 e. The van der Waals surface area contributed by atoms with Crippen LogP contribution >= 0.6 is 0 Å². The van der Waals surface area contributed by atoms with Crippen molar-refractivity contribution in [3.63, 3.8) is 0 Å². The Hall–Kier alpha value is -1.71. The first-order valence-electron chi connectivity index (χ1n) is 3.44. The molecule has 1 atom stereocenters. The topological polar surface area (TPSA) is 65.3 Å². The lowest BCUT2D eigenvalue weighted by atomic mass is 10.1. The maximum atomic E-state index is 10.7. The molecule has 0 radical (unpaired) electrons. The van der Waals surface area contributed by atoms with Crippen molar-refractivity contribution in [2.75, 3.05) is 0 Å². The minimum Gasteiger partial charge on any atom is -0.324 e. The molecule has 0 aromatic carbocycles. The Kier molecular flexibility index (Phi) is 2.53. The Balaban J connectivity index is 2.58. The van der Waals surface area contributed by atoms with Crippen molar-refractivity contribution >= 4 is 18.5 Å². The fourth-order valence-electron chi connectivity index (χ4n) is 0.846. The lowest BCUT2D eigenvalue weighted by molar-refractivity contribution is 0.249. The number of nitrogens with one attached hydrogen (secondary N) is 2. The Labute approximate surface area is 70.2 Å². The molecule has 4 heteroatoms. The fraction of sp³-hybridized carbons (Fsp3) is 0.125. The van der Waals surface area contributed by atoms with Crippen LogP contribution in [0.25, 0.3) is 0 Å². The molecule has 1 rings (SSSR count).